The molecule has 0 aliphatic carbocycles. The topological polar surface area (TPSA) is 61.4 Å². The predicted molar refractivity (Wildman–Crippen MR) is 71.5 cm³/mol. The van der Waals surface area contributed by atoms with Crippen LogP contribution in [0.1, 0.15) is 26.7 Å². The molecule has 0 radical (unpaired) electrons. The third kappa shape index (κ3) is 6.79. The zero-order valence-corrected chi connectivity index (χ0v) is 12.3. The largest absolute Gasteiger partial charge is 0.401 e. The molecule has 0 bridgehead atoms. The van der Waals surface area contributed by atoms with Crippen molar-refractivity contribution in [2.24, 2.45) is 5.92 Å². The number of halogens is 3. The van der Waals surface area contributed by atoms with Crippen LogP contribution >= 0.6 is 0 Å². The number of carbonyl (C=O) groups is 2. The van der Waals surface area contributed by atoms with Crippen molar-refractivity contribution >= 4 is 11.8 Å². The summed E-state index contributed by atoms with van der Waals surface area (Å²) in [7, 11) is 0. The summed E-state index contributed by atoms with van der Waals surface area (Å²) in [5.74, 6) is -0.415. The highest BCUT2D eigenvalue weighted by Crippen LogP contribution is 2.13. The molecule has 1 fully saturated rings. The summed E-state index contributed by atoms with van der Waals surface area (Å²) in [6, 6.07) is -0.0820. The van der Waals surface area contributed by atoms with Crippen LogP contribution in [-0.2, 0) is 9.59 Å². The van der Waals surface area contributed by atoms with E-state index in [9.17, 15) is 22.8 Å². The fourth-order valence-electron chi connectivity index (χ4n) is 2.21. The van der Waals surface area contributed by atoms with Crippen LogP contribution in [0.15, 0.2) is 0 Å². The number of likely N-dealkylation sites (tertiary alicyclic amines) is 1. The lowest BCUT2D eigenvalue weighted by Crippen LogP contribution is -2.49. The van der Waals surface area contributed by atoms with Crippen molar-refractivity contribution in [2.45, 2.75) is 38.9 Å². The van der Waals surface area contributed by atoms with E-state index in [0.29, 0.717) is 25.9 Å². The van der Waals surface area contributed by atoms with Crippen molar-refractivity contribution in [3.63, 3.8) is 0 Å². The lowest BCUT2D eigenvalue weighted by molar-refractivity contribution is -0.135. The SMILES string of the molecule is CC(C)C(=O)N1CCC(NC(=O)CNCC(F)(F)F)CC1. The van der Waals surface area contributed by atoms with Crippen LogP contribution in [0, 0.1) is 5.92 Å². The Morgan fingerprint density at radius 3 is 2.29 bits per heavy atom. The second-order valence-electron chi connectivity index (χ2n) is 5.54. The van der Waals surface area contributed by atoms with Crippen LogP contribution in [0.5, 0.6) is 0 Å². The van der Waals surface area contributed by atoms with Gasteiger partial charge in [0.2, 0.25) is 11.8 Å². The van der Waals surface area contributed by atoms with E-state index in [2.05, 4.69) is 10.6 Å². The predicted octanol–water partition coefficient (Wildman–Crippen LogP) is 0.901. The van der Waals surface area contributed by atoms with Crippen LogP contribution in [0.2, 0.25) is 0 Å². The smallest absolute Gasteiger partial charge is 0.352 e. The molecule has 5 nitrogen and oxygen atoms in total. The van der Waals surface area contributed by atoms with E-state index in [0.717, 1.165) is 0 Å². The molecule has 21 heavy (non-hydrogen) atoms. The number of carbonyl (C=O) groups excluding carboxylic acids is 2. The highest BCUT2D eigenvalue weighted by Gasteiger charge is 2.27. The summed E-state index contributed by atoms with van der Waals surface area (Å²) in [6.07, 6.45) is -3.06. The standard InChI is InChI=1S/C13H22F3N3O2/c1-9(2)12(21)19-5-3-10(4-6-19)18-11(20)7-17-8-13(14,15)16/h9-10,17H,3-8H2,1-2H3,(H,18,20). The summed E-state index contributed by atoms with van der Waals surface area (Å²) >= 11 is 0. The molecule has 0 unspecified atom stereocenters. The van der Waals surface area contributed by atoms with E-state index >= 15 is 0 Å². The minimum atomic E-state index is -4.32. The summed E-state index contributed by atoms with van der Waals surface area (Å²) < 4.78 is 35.8. The second kappa shape index (κ2) is 7.63. The maximum atomic E-state index is 11.9. The Morgan fingerprint density at radius 2 is 1.81 bits per heavy atom. The molecule has 1 rings (SSSR count). The van der Waals surface area contributed by atoms with Crippen LogP contribution < -0.4 is 10.6 Å². The fraction of sp³-hybridized carbons (Fsp3) is 0.846. The zero-order valence-electron chi connectivity index (χ0n) is 12.3. The van der Waals surface area contributed by atoms with Crippen molar-refractivity contribution in [3.8, 4) is 0 Å². The van der Waals surface area contributed by atoms with Crippen molar-refractivity contribution in [3.05, 3.63) is 0 Å². The summed E-state index contributed by atoms with van der Waals surface area (Å²) in [6.45, 7) is 3.27. The molecule has 0 spiro atoms. The Labute approximate surface area is 122 Å². The number of nitrogens with one attached hydrogen (secondary N) is 2. The highest BCUT2D eigenvalue weighted by molar-refractivity contribution is 5.79. The molecule has 1 saturated heterocycles. The second-order valence-corrected chi connectivity index (χ2v) is 5.54. The van der Waals surface area contributed by atoms with Crippen LogP contribution in [-0.4, -0.2) is 55.1 Å². The maximum Gasteiger partial charge on any atom is 0.401 e. The van der Waals surface area contributed by atoms with E-state index in [1.807, 2.05) is 13.8 Å². The van der Waals surface area contributed by atoms with Crippen molar-refractivity contribution in [1.82, 2.24) is 15.5 Å². The minimum absolute atomic E-state index is 0.0530. The molecule has 0 atom stereocenters. The van der Waals surface area contributed by atoms with Gasteiger partial charge in [0.15, 0.2) is 0 Å². The number of hydrogen-bond acceptors (Lipinski definition) is 3. The average molecular weight is 309 g/mol. The summed E-state index contributed by atoms with van der Waals surface area (Å²) in [5.41, 5.74) is 0. The molecule has 2 amide bonds. The third-order valence-corrected chi connectivity index (χ3v) is 3.28. The third-order valence-electron chi connectivity index (χ3n) is 3.28. The number of rotatable bonds is 5. The highest BCUT2D eigenvalue weighted by atomic mass is 19.4. The van der Waals surface area contributed by atoms with Gasteiger partial charge in [0.25, 0.3) is 0 Å². The van der Waals surface area contributed by atoms with Crippen LogP contribution in [0.3, 0.4) is 0 Å². The van der Waals surface area contributed by atoms with Gasteiger partial charge in [-0.3, -0.25) is 9.59 Å². The lowest BCUT2D eigenvalue weighted by Gasteiger charge is -2.33. The fourth-order valence-corrected chi connectivity index (χ4v) is 2.21. The Morgan fingerprint density at radius 1 is 1.24 bits per heavy atom. The first-order valence-corrected chi connectivity index (χ1v) is 7.04. The number of alkyl halides is 3. The molecule has 2 N–H and O–H groups in total. The molecule has 0 aromatic carbocycles. The van der Waals surface area contributed by atoms with E-state index in [-0.39, 0.29) is 24.4 Å². The Hall–Kier alpha value is -1.31. The van der Waals surface area contributed by atoms with Gasteiger partial charge in [-0.2, -0.15) is 13.2 Å². The molecule has 0 aromatic rings. The number of nitrogens with zero attached hydrogens (tertiary/aromatic N) is 1. The average Bonchev–Trinajstić information content (AvgIpc) is 2.37. The van der Waals surface area contributed by atoms with Gasteiger partial charge >= 0.3 is 6.18 Å². The van der Waals surface area contributed by atoms with Gasteiger partial charge in [-0.15, -0.1) is 0 Å². The number of piperidine rings is 1. The van der Waals surface area contributed by atoms with Gasteiger partial charge in [-0.25, -0.2) is 0 Å². The van der Waals surface area contributed by atoms with Gasteiger partial charge in [0.05, 0.1) is 13.1 Å². The Kier molecular flexibility index (Phi) is 6.44. The van der Waals surface area contributed by atoms with Gasteiger partial charge < -0.3 is 15.5 Å². The first-order valence-electron chi connectivity index (χ1n) is 7.04. The molecule has 0 saturated carbocycles. The quantitative estimate of drug-likeness (QED) is 0.793. The van der Waals surface area contributed by atoms with E-state index in [4.69, 9.17) is 0 Å². The van der Waals surface area contributed by atoms with Crippen molar-refractivity contribution in [1.29, 1.82) is 0 Å². The Bertz CT molecular complexity index is 364. The minimum Gasteiger partial charge on any atom is -0.352 e. The molecule has 0 aromatic heterocycles. The van der Waals surface area contributed by atoms with Crippen molar-refractivity contribution in [2.75, 3.05) is 26.2 Å². The first-order chi connectivity index (χ1) is 9.69. The van der Waals surface area contributed by atoms with E-state index in [1.165, 1.54) is 0 Å². The molecule has 122 valence electrons. The monoisotopic (exact) mass is 309 g/mol. The Balaban J connectivity index is 2.23. The van der Waals surface area contributed by atoms with E-state index in [1.54, 1.807) is 4.90 Å². The number of hydrogen-bond donors (Lipinski definition) is 2. The lowest BCUT2D eigenvalue weighted by atomic mass is 10.0. The summed E-state index contributed by atoms with van der Waals surface area (Å²) in [4.78, 5) is 25.0. The van der Waals surface area contributed by atoms with Gasteiger partial charge in [-0.1, -0.05) is 13.8 Å². The van der Waals surface area contributed by atoms with Crippen LogP contribution in [0.25, 0.3) is 0 Å². The number of amides is 2. The summed E-state index contributed by atoms with van der Waals surface area (Å²) in [5, 5.41) is 4.74. The normalized spacial score (nSPS) is 17.1. The van der Waals surface area contributed by atoms with Gasteiger partial charge in [-0.05, 0) is 12.8 Å². The molecule has 1 aliphatic rings. The van der Waals surface area contributed by atoms with Gasteiger partial charge in [0, 0.05) is 25.0 Å². The van der Waals surface area contributed by atoms with E-state index < -0.39 is 18.6 Å². The maximum absolute atomic E-state index is 11.9. The molecule has 8 heteroatoms. The zero-order chi connectivity index (χ0) is 16.0. The first kappa shape index (κ1) is 17.7. The molecular weight excluding hydrogens is 287 g/mol. The van der Waals surface area contributed by atoms with Gasteiger partial charge in [0.1, 0.15) is 0 Å². The molecule has 1 heterocycles. The van der Waals surface area contributed by atoms with Crippen LogP contribution in [0.4, 0.5) is 13.2 Å². The molecular formula is C13H22F3N3O2. The van der Waals surface area contributed by atoms with Crippen molar-refractivity contribution < 1.29 is 22.8 Å². The molecule has 1 aliphatic heterocycles.